The Bertz CT molecular complexity index is 1380. The van der Waals surface area contributed by atoms with Gasteiger partial charge in [-0.05, 0) is 56.3 Å². The van der Waals surface area contributed by atoms with Crippen LogP contribution in [0.3, 0.4) is 0 Å². The lowest BCUT2D eigenvalue weighted by molar-refractivity contribution is 0.101. The molecule has 0 radical (unpaired) electrons. The molecule has 10 nitrogen and oxygen atoms in total. The van der Waals surface area contributed by atoms with Crippen molar-refractivity contribution in [1.29, 1.82) is 0 Å². The first-order valence-electron chi connectivity index (χ1n) is 9.80. The summed E-state index contributed by atoms with van der Waals surface area (Å²) in [7, 11) is 0. The van der Waals surface area contributed by atoms with Crippen LogP contribution in [0.2, 0.25) is 0 Å². The Balaban J connectivity index is 1.31. The second-order valence-corrected chi connectivity index (χ2v) is 7.24. The van der Waals surface area contributed by atoms with Crippen molar-refractivity contribution >= 4 is 29.0 Å². The number of rotatable bonds is 4. The number of anilines is 2. The van der Waals surface area contributed by atoms with Gasteiger partial charge in [0.05, 0.1) is 0 Å². The van der Waals surface area contributed by atoms with E-state index >= 15 is 0 Å². The Morgan fingerprint density at radius 1 is 0.906 bits per heavy atom. The summed E-state index contributed by atoms with van der Waals surface area (Å²) in [5, 5.41) is 9.78. The average molecular weight is 430 g/mol. The smallest absolute Gasteiger partial charge is 0.295 e. The Morgan fingerprint density at radius 2 is 1.66 bits per heavy atom. The van der Waals surface area contributed by atoms with Crippen molar-refractivity contribution in [3.05, 3.63) is 71.3 Å². The number of ether oxygens (including phenoxy) is 2. The number of aromatic nitrogens is 4. The number of nitrogens with one attached hydrogen (secondary N) is 2. The molecular formula is C22H18N6O4. The molecule has 0 unspecified atom stereocenters. The van der Waals surface area contributed by atoms with Crippen LogP contribution in [0.5, 0.6) is 11.5 Å². The molecule has 0 atom stereocenters. The van der Waals surface area contributed by atoms with Crippen LogP contribution >= 0.6 is 0 Å². The summed E-state index contributed by atoms with van der Waals surface area (Å²) < 4.78 is 12.1. The van der Waals surface area contributed by atoms with Crippen molar-refractivity contribution in [2.24, 2.45) is 0 Å². The third kappa shape index (κ3) is 3.69. The van der Waals surface area contributed by atoms with Crippen molar-refractivity contribution in [3.63, 3.8) is 0 Å². The van der Waals surface area contributed by atoms with Gasteiger partial charge in [-0.15, -0.1) is 5.10 Å². The van der Waals surface area contributed by atoms with Crippen molar-refractivity contribution in [2.45, 2.75) is 13.8 Å². The van der Waals surface area contributed by atoms with Crippen LogP contribution in [-0.4, -0.2) is 38.2 Å². The Morgan fingerprint density at radius 3 is 2.47 bits per heavy atom. The Kier molecular flexibility index (Phi) is 4.66. The lowest BCUT2D eigenvalue weighted by Gasteiger charge is -2.08. The molecule has 2 aromatic carbocycles. The van der Waals surface area contributed by atoms with Crippen LogP contribution < -0.4 is 20.1 Å². The van der Waals surface area contributed by atoms with E-state index in [0.717, 1.165) is 11.4 Å². The number of carbonyl (C=O) groups excluding carboxylic acids is 2. The molecule has 10 heteroatoms. The summed E-state index contributed by atoms with van der Waals surface area (Å²) in [6.45, 7) is 3.85. The molecule has 2 aromatic heterocycles. The number of nitrogens with zero attached hydrogens (tertiary/aromatic N) is 4. The zero-order valence-electron chi connectivity index (χ0n) is 17.2. The number of fused-ring (bicyclic) bond motifs is 2. The van der Waals surface area contributed by atoms with Gasteiger partial charge in [-0.1, -0.05) is 6.07 Å². The molecule has 0 saturated carbocycles. The van der Waals surface area contributed by atoms with Gasteiger partial charge in [0.1, 0.15) is 0 Å². The minimum Gasteiger partial charge on any atom is -0.454 e. The minimum absolute atomic E-state index is 0.000925. The van der Waals surface area contributed by atoms with Crippen molar-refractivity contribution in [2.75, 3.05) is 17.4 Å². The van der Waals surface area contributed by atoms with Crippen molar-refractivity contribution in [1.82, 2.24) is 19.6 Å². The molecule has 32 heavy (non-hydrogen) atoms. The fraction of sp³-hybridized carbons (Fsp3) is 0.136. The van der Waals surface area contributed by atoms with E-state index in [2.05, 4.69) is 25.7 Å². The van der Waals surface area contributed by atoms with Crippen LogP contribution in [0.1, 0.15) is 32.4 Å². The van der Waals surface area contributed by atoms with Gasteiger partial charge in [0, 0.05) is 28.3 Å². The van der Waals surface area contributed by atoms with Gasteiger partial charge in [-0.25, -0.2) is 9.50 Å². The molecule has 0 bridgehead atoms. The van der Waals surface area contributed by atoms with E-state index in [0.29, 0.717) is 34.2 Å². The van der Waals surface area contributed by atoms with E-state index in [1.54, 1.807) is 42.5 Å². The molecule has 1 aliphatic rings. The summed E-state index contributed by atoms with van der Waals surface area (Å²) in [6, 6.07) is 13.6. The fourth-order valence-electron chi connectivity index (χ4n) is 3.37. The molecule has 5 rings (SSSR count). The Hall–Kier alpha value is -4.47. The third-order valence-corrected chi connectivity index (χ3v) is 4.83. The highest BCUT2D eigenvalue weighted by Crippen LogP contribution is 2.32. The van der Waals surface area contributed by atoms with Crippen LogP contribution in [0, 0.1) is 13.8 Å². The van der Waals surface area contributed by atoms with E-state index in [1.165, 1.54) is 4.52 Å². The first kappa shape index (κ1) is 19.5. The number of benzene rings is 2. The number of hydrogen-bond donors (Lipinski definition) is 2. The van der Waals surface area contributed by atoms with Crippen molar-refractivity contribution < 1.29 is 19.1 Å². The summed E-state index contributed by atoms with van der Waals surface area (Å²) in [6.07, 6.45) is 0. The van der Waals surface area contributed by atoms with E-state index in [-0.39, 0.29) is 18.5 Å². The summed E-state index contributed by atoms with van der Waals surface area (Å²) in [5.41, 5.74) is 3.04. The number of amides is 2. The molecule has 3 heterocycles. The summed E-state index contributed by atoms with van der Waals surface area (Å²) in [4.78, 5) is 33.8. The maximum absolute atomic E-state index is 12.7. The van der Waals surface area contributed by atoms with E-state index in [1.807, 2.05) is 19.9 Å². The number of hydrogen-bond acceptors (Lipinski definition) is 7. The van der Waals surface area contributed by atoms with E-state index in [4.69, 9.17) is 9.47 Å². The molecule has 160 valence electrons. The van der Waals surface area contributed by atoms with Crippen LogP contribution in [-0.2, 0) is 0 Å². The van der Waals surface area contributed by atoms with Crippen LogP contribution in [0.15, 0.2) is 48.5 Å². The van der Waals surface area contributed by atoms with E-state index in [9.17, 15) is 9.59 Å². The molecule has 1 aliphatic heterocycles. The van der Waals surface area contributed by atoms with Crippen LogP contribution in [0.4, 0.5) is 11.4 Å². The number of carbonyl (C=O) groups is 2. The first-order valence-corrected chi connectivity index (χ1v) is 9.80. The van der Waals surface area contributed by atoms with Gasteiger partial charge in [-0.2, -0.15) is 4.98 Å². The molecule has 2 N–H and O–H groups in total. The monoisotopic (exact) mass is 430 g/mol. The van der Waals surface area contributed by atoms with E-state index < -0.39 is 5.91 Å². The maximum Gasteiger partial charge on any atom is 0.295 e. The molecule has 4 aromatic rings. The van der Waals surface area contributed by atoms with Gasteiger partial charge < -0.3 is 20.1 Å². The second-order valence-electron chi connectivity index (χ2n) is 7.24. The lowest BCUT2D eigenvalue weighted by atomic mass is 10.2. The van der Waals surface area contributed by atoms with Gasteiger partial charge in [0.25, 0.3) is 17.6 Å². The highest BCUT2D eigenvalue weighted by molar-refractivity contribution is 6.06. The molecule has 0 fully saturated rings. The largest absolute Gasteiger partial charge is 0.454 e. The molecule has 0 aliphatic carbocycles. The standard InChI is InChI=1S/C22H18N6O4/c1-12-8-13(2)28-22(23-12)26-19(27-28)21(30)25-16-5-3-4-15(10-16)24-20(29)14-6-7-17-18(9-14)32-11-31-17/h3-10H,11H2,1-2H3,(H,24,29)(H,25,30). The first-order chi connectivity index (χ1) is 15.5. The van der Waals surface area contributed by atoms with Crippen LogP contribution in [0.25, 0.3) is 5.78 Å². The fourth-order valence-corrected chi connectivity index (χ4v) is 3.37. The SMILES string of the molecule is Cc1cc(C)n2nc(C(=O)Nc3cccc(NC(=O)c4ccc5c(c4)OCO5)c3)nc2n1. The van der Waals surface area contributed by atoms with Gasteiger partial charge >= 0.3 is 0 Å². The lowest BCUT2D eigenvalue weighted by Crippen LogP contribution is -2.15. The number of aryl methyl sites for hydroxylation is 2. The predicted octanol–water partition coefficient (Wildman–Crippen LogP) is 2.97. The topological polar surface area (TPSA) is 120 Å². The highest BCUT2D eigenvalue weighted by atomic mass is 16.7. The quantitative estimate of drug-likeness (QED) is 0.511. The van der Waals surface area contributed by atoms with Gasteiger partial charge in [0.15, 0.2) is 11.5 Å². The molecule has 2 amide bonds. The second kappa shape index (κ2) is 7.65. The molecule has 0 spiro atoms. The highest BCUT2D eigenvalue weighted by Gasteiger charge is 2.17. The zero-order valence-corrected chi connectivity index (χ0v) is 17.2. The third-order valence-electron chi connectivity index (χ3n) is 4.83. The average Bonchev–Trinajstić information content (AvgIpc) is 3.40. The summed E-state index contributed by atoms with van der Waals surface area (Å²) >= 11 is 0. The summed E-state index contributed by atoms with van der Waals surface area (Å²) in [5.74, 6) is 0.696. The zero-order chi connectivity index (χ0) is 22.2. The molecule has 0 saturated heterocycles. The Labute approximate surface area is 182 Å². The van der Waals surface area contributed by atoms with Gasteiger partial charge in [0.2, 0.25) is 12.6 Å². The maximum atomic E-state index is 12.7. The van der Waals surface area contributed by atoms with Gasteiger partial charge in [-0.3, -0.25) is 9.59 Å². The predicted molar refractivity (Wildman–Crippen MR) is 115 cm³/mol. The van der Waals surface area contributed by atoms with Crippen molar-refractivity contribution in [3.8, 4) is 11.5 Å². The molecular weight excluding hydrogens is 412 g/mol. The minimum atomic E-state index is -0.480. The normalized spacial score (nSPS) is 12.1.